The third-order valence-electron chi connectivity index (χ3n) is 3.01. The molecule has 0 fully saturated rings. The number of carbonyl (C=O) groups is 1. The van der Waals surface area contributed by atoms with Crippen LogP contribution in [-0.4, -0.2) is 24.2 Å². The van der Waals surface area contributed by atoms with Crippen molar-refractivity contribution in [2.45, 2.75) is 12.9 Å². The summed E-state index contributed by atoms with van der Waals surface area (Å²) in [5.41, 5.74) is 0.961. The molecule has 0 radical (unpaired) electrons. The van der Waals surface area contributed by atoms with Gasteiger partial charge in [-0.1, -0.05) is 12.1 Å². The van der Waals surface area contributed by atoms with E-state index in [-0.39, 0.29) is 18.2 Å². The highest BCUT2D eigenvalue weighted by Crippen LogP contribution is 2.23. The van der Waals surface area contributed by atoms with E-state index >= 15 is 0 Å². The fourth-order valence-corrected chi connectivity index (χ4v) is 1.96. The maximum absolute atomic E-state index is 12.8. The fraction of sp³-hybridized carbons (Fsp3) is 0.188. The molecule has 7 heteroatoms. The normalized spacial score (nSPS) is 11.2. The van der Waals surface area contributed by atoms with Crippen molar-refractivity contribution in [1.82, 2.24) is 4.90 Å². The van der Waals surface area contributed by atoms with Crippen LogP contribution in [0.15, 0.2) is 48.5 Å². The molecule has 0 aromatic heterocycles. The Bertz CT molecular complexity index is 666. The number of ether oxygens (including phenoxy) is 1. The molecule has 23 heavy (non-hydrogen) atoms. The molecule has 0 aliphatic rings. The number of carbonyl (C=O) groups excluding carboxylic acids is 1. The lowest BCUT2D eigenvalue weighted by Crippen LogP contribution is -2.26. The molecule has 0 atom stereocenters. The Hall–Kier alpha value is -2.57. The quantitative estimate of drug-likeness (QED) is 0.795. The van der Waals surface area contributed by atoms with Gasteiger partial charge in [-0.05, 0) is 42.0 Å². The molecule has 3 nitrogen and oxygen atoms in total. The molecule has 0 unspecified atom stereocenters. The molecule has 122 valence electrons. The van der Waals surface area contributed by atoms with Crippen LogP contribution in [0.1, 0.15) is 15.9 Å². The molecule has 0 aliphatic heterocycles. The number of nitrogens with zero attached hydrogens (tertiary/aromatic N) is 1. The summed E-state index contributed by atoms with van der Waals surface area (Å²) in [7, 11) is 1.55. The Labute approximate surface area is 130 Å². The van der Waals surface area contributed by atoms with Crippen molar-refractivity contribution in [2.24, 2.45) is 0 Å². The van der Waals surface area contributed by atoms with Gasteiger partial charge in [-0.15, -0.1) is 13.2 Å². The van der Waals surface area contributed by atoms with Crippen molar-refractivity contribution >= 4 is 5.91 Å². The molecular weight excluding hydrogens is 314 g/mol. The Balaban J connectivity index is 2.01. The van der Waals surface area contributed by atoms with Crippen LogP contribution in [-0.2, 0) is 6.54 Å². The zero-order valence-corrected chi connectivity index (χ0v) is 12.1. The summed E-state index contributed by atoms with van der Waals surface area (Å²) in [5, 5.41) is 0. The minimum Gasteiger partial charge on any atom is -0.406 e. The maximum Gasteiger partial charge on any atom is 0.573 e. The molecular formula is C16H13F4NO2. The monoisotopic (exact) mass is 327 g/mol. The molecule has 2 rings (SSSR count). The molecule has 2 aromatic rings. The highest BCUT2D eigenvalue weighted by atomic mass is 19.4. The predicted molar refractivity (Wildman–Crippen MR) is 75.3 cm³/mol. The van der Waals surface area contributed by atoms with Gasteiger partial charge < -0.3 is 9.64 Å². The zero-order valence-electron chi connectivity index (χ0n) is 12.1. The molecule has 0 spiro atoms. The summed E-state index contributed by atoms with van der Waals surface area (Å²) in [5.74, 6) is -1.08. The first-order valence-corrected chi connectivity index (χ1v) is 6.60. The largest absolute Gasteiger partial charge is 0.573 e. The number of hydrogen-bond donors (Lipinski definition) is 0. The summed E-state index contributed by atoms with van der Waals surface area (Å²) < 4.78 is 52.8. The van der Waals surface area contributed by atoms with Crippen LogP contribution in [0.3, 0.4) is 0 Å². The van der Waals surface area contributed by atoms with E-state index in [0.29, 0.717) is 11.1 Å². The van der Waals surface area contributed by atoms with Crippen molar-refractivity contribution in [1.29, 1.82) is 0 Å². The second kappa shape index (κ2) is 6.68. The van der Waals surface area contributed by atoms with E-state index in [9.17, 15) is 22.4 Å². The Morgan fingerprint density at radius 1 is 1.04 bits per heavy atom. The number of rotatable bonds is 4. The summed E-state index contributed by atoms with van der Waals surface area (Å²) in [6, 6.07) is 10.3. The summed E-state index contributed by atoms with van der Waals surface area (Å²) >= 11 is 0. The third-order valence-corrected chi connectivity index (χ3v) is 3.01. The second-order valence-corrected chi connectivity index (χ2v) is 4.86. The van der Waals surface area contributed by atoms with Crippen molar-refractivity contribution in [3.8, 4) is 5.75 Å². The summed E-state index contributed by atoms with van der Waals surface area (Å²) in [4.78, 5) is 13.5. The third kappa shape index (κ3) is 4.98. The number of halogens is 4. The van der Waals surface area contributed by atoms with Crippen LogP contribution < -0.4 is 4.74 Å². The highest BCUT2D eigenvalue weighted by Gasteiger charge is 2.30. The first-order chi connectivity index (χ1) is 10.7. The van der Waals surface area contributed by atoms with E-state index in [4.69, 9.17) is 0 Å². The molecule has 0 saturated carbocycles. The van der Waals surface area contributed by atoms with Gasteiger partial charge in [0.25, 0.3) is 5.91 Å². The van der Waals surface area contributed by atoms with Gasteiger partial charge in [-0.3, -0.25) is 4.79 Å². The van der Waals surface area contributed by atoms with Gasteiger partial charge in [0.2, 0.25) is 0 Å². The van der Waals surface area contributed by atoms with E-state index in [2.05, 4.69) is 4.74 Å². The number of alkyl halides is 3. The van der Waals surface area contributed by atoms with Crippen LogP contribution in [0.25, 0.3) is 0 Å². The average molecular weight is 327 g/mol. The molecule has 1 amide bonds. The molecule has 0 N–H and O–H groups in total. The minimum absolute atomic E-state index is 0.197. The van der Waals surface area contributed by atoms with Crippen molar-refractivity contribution in [2.75, 3.05) is 7.05 Å². The fourth-order valence-electron chi connectivity index (χ4n) is 1.96. The molecule has 0 saturated heterocycles. The standard InChI is InChI=1S/C16H13F4NO2/c1-21(15(22)12-4-6-13(17)7-5-12)10-11-2-8-14(9-3-11)23-16(18,19)20/h2-9H,10H2,1H3. The number of amides is 1. The molecule has 0 bridgehead atoms. The van der Waals surface area contributed by atoms with Crippen molar-refractivity contribution < 1.29 is 27.1 Å². The average Bonchev–Trinajstić information content (AvgIpc) is 2.48. The Morgan fingerprint density at radius 3 is 2.13 bits per heavy atom. The first kappa shape index (κ1) is 16.8. The SMILES string of the molecule is CN(Cc1ccc(OC(F)(F)F)cc1)C(=O)c1ccc(F)cc1. The summed E-state index contributed by atoms with van der Waals surface area (Å²) in [6.07, 6.45) is -4.74. The zero-order chi connectivity index (χ0) is 17.0. The Morgan fingerprint density at radius 2 is 1.61 bits per heavy atom. The predicted octanol–water partition coefficient (Wildman–Crippen LogP) is 4.00. The number of hydrogen-bond acceptors (Lipinski definition) is 2. The molecule has 0 heterocycles. The van der Waals surface area contributed by atoms with Gasteiger partial charge >= 0.3 is 6.36 Å². The summed E-state index contributed by atoms with van der Waals surface area (Å²) in [6.45, 7) is 0.197. The number of benzene rings is 2. The van der Waals surface area contributed by atoms with Gasteiger partial charge in [0.1, 0.15) is 11.6 Å². The maximum atomic E-state index is 12.8. The van der Waals surface area contributed by atoms with E-state index in [0.717, 1.165) is 0 Å². The smallest absolute Gasteiger partial charge is 0.406 e. The van der Waals surface area contributed by atoms with Crippen LogP contribution in [0, 0.1) is 5.82 Å². The van der Waals surface area contributed by atoms with Gasteiger partial charge in [0.05, 0.1) is 0 Å². The van der Waals surface area contributed by atoms with Crippen LogP contribution in [0.4, 0.5) is 17.6 Å². The molecule has 0 aliphatic carbocycles. The van der Waals surface area contributed by atoms with E-state index in [1.165, 1.54) is 53.4 Å². The molecule has 2 aromatic carbocycles. The van der Waals surface area contributed by atoms with Crippen LogP contribution >= 0.6 is 0 Å². The van der Waals surface area contributed by atoms with Gasteiger partial charge in [-0.2, -0.15) is 0 Å². The second-order valence-electron chi connectivity index (χ2n) is 4.86. The van der Waals surface area contributed by atoms with E-state index in [1.807, 2.05) is 0 Å². The first-order valence-electron chi connectivity index (χ1n) is 6.60. The van der Waals surface area contributed by atoms with Crippen LogP contribution in [0.5, 0.6) is 5.75 Å². The lowest BCUT2D eigenvalue weighted by molar-refractivity contribution is -0.274. The Kier molecular flexibility index (Phi) is 4.88. The van der Waals surface area contributed by atoms with Crippen LogP contribution in [0.2, 0.25) is 0 Å². The van der Waals surface area contributed by atoms with E-state index in [1.54, 1.807) is 7.05 Å². The lowest BCUT2D eigenvalue weighted by atomic mass is 10.1. The van der Waals surface area contributed by atoms with Gasteiger partial charge in [-0.25, -0.2) is 4.39 Å². The van der Waals surface area contributed by atoms with E-state index < -0.39 is 12.2 Å². The minimum atomic E-state index is -4.74. The van der Waals surface area contributed by atoms with Crippen molar-refractivity contribution in [3.05, 3.63) is 65.5 Å². The van der Waals surface area contributed by atoms with Crippen molar-refractivity contribution in [3.63, 3.8) is 0 Å². The lowest BCUT2D eigenvalue weighted by Gasteiger charge is -2.17. The van der Waals surface area contributed by atoms with Gasteiger partial charge in [0, 0.05) is 19.2 Å². The topological polar surface area (TPSA) is 29.5 Å². The van der Waals surface area contributed by atoms with Gasteiger partial charge in [0.15, 0.2) is 0 Å². The highest BCUT2D eigenvalue weighted by molar-refractivity contribution is 5.93.